The molecule has 0 unspecified atom stereocenters. The van der Waals surface area contributed by atoms with Gasteiger partial charge in [0, 0.05) is 17.0 Å². The number of sulfonamides is 1. The van der Waals surface area contributed by atoms with Crippen LogP contribution in [0.15, 0.2) is 32.4 Å². The zero-order chi connectivity index (χ0) is 23.3. The smallest absolute Gasteiger partial charge is 0.414 e. The van der Waals surface area contributed by atoms with E-state index in [9.17, 15) is 18.0 Å². The number of aromatic amines is 1. The quantitative estimate of drug-likeness (QED) is 0.583. The van der Waals surface area contributed by atoms with Gasteiger partial charge in [0.05, 0.1) is 22.7 Å². The van der Waals surface area contributed by atoms with E-state index in [1.807, 2.05) is 0 Å². The zero-order valence-electron chi connectivity index (χ0n) is 18.3. The van der Waals surface area contributed by atoms with Crippen LogP contribution in [0.1, 0.15) is 37.1 Å². The van der Waals surface area contributed by atoms with Crippen molar-refractivity contribution in [2.45, 2.75) is 50.5 Å². The standard InChI is InChI=1S/C22H24N4O6S/c1-12-20(13(2)32-24-12)14-9-17-16(11-18(21(27)23-17)26-7-8-31-22(26)28)19(10-14)33(29,30)25-15-5-3-4-6-15/h9-11,15,25H,3-8H2,1-2H3,(H,23,27). The van der Waals surface area contributed by atoms with Crippen LogP contribution in [0.3, 0.4) is 0 Å². The van der Waals surface area contributed by atoms with Crippen molar-refractivity contribution in [2.24, 2.45) is 0 Å². The number of anilines is 1. The molecule has 0 spiro atoms. The second-order valence-electron chi connectivity index (χ2n) is 8.49. The molecule has 1 aliphatic heterocycles. The van der Waals surface area contributed by atoms with E-state index >= 15 is 0 Å². The summed E-state index contributed by atoms with van der Waals surface area (Å²) in [5, 5.41) is 4.28. The van der Waals surface area contributed by atoms with E-state index in [4.69, 9.17) is 9.26 Å². The molecule has 0 atom stereocenters. The predicted octanol–water partition coefficient (Wildman–Crippen LogP) is 2.98. The number of hydrogen-bond acceptors (Lipinski definition) is 7. The molecule has 174 valence electrons. The molecule has 2 aliphatic rings. The summed E-state index contributed by atoms with van der Waals surface area (Å²) in [5.41, 5.74) is 1.71. The van der Waals surface area contributed by atoms with Crippen LogP contribution < -0.4 is 15.2 Å². The van der Waals surface area contributed by atoms with Crippen molar-refractivity contribution < 1.29 is 22.5 Å². The molecular weight excluding hydrogens is 448 g/mol. The lowest BCUT2D eigenvalue weighted by Gasteiger charge is -2.17. The minimum absolute atomic E-state index is 0.0203. The number of aromatic nitrogens is 2. The highest BCUT2D eigenvalue weighted by Gasteiger charge is 2.30. The fraction of sp³-hybridized carbons (Fsp3) is 0.409. The lowest BCUT2D eigenvalue weighted by atomic mass is 10.0. The lowest BCUT2D eigenvalue weighted by Crippen LogP contribution is -2.33. The Hall–Kier alpha value is -3.18. The number of ether oxygens (including phenoxy) is 1. The third-order valence-electron chi connectivity index (χ3n) is 6.24. The van der Waals surface area contributed by atoms with Gasteiger partial charge in [-0.2, -0.15) is 0 Å². The number of rotatable bonds is 5. The number of amides is 1. The Morgan fingerprint density at radius 1 is 1.15 bits per heavy atom. The Morgan fingerprint density at radius 3 is 2.55 bits per heavy atom. The van der Waals surface area contributed by atoms with Crippen LogP contribution in [0.2, 0.25) is 0 Å². The van der Waals surface area contributed by atoms with Crippen LogP contribution in [0.4, 0.5) is 10.5 Å². The second kappa shape index (κ2) is 7.99. The lowest BCUT2D eigenvalue weighted by molar-refractivity contribution is 0.181. The summed E-state index contributed by atoms with van der Waals surface area (Å²) < 4.78 is 40.1. The van der Waals surface area contributed by atoms with E-state index in [1.54, 1.807) is 26.0 Å². The van der Waals surface area contributed by atoms with E-state index < -0.39 is 21.7 Å². The largest absolute Gasteiger partial charge is 0.447 e. The number of cyclic esters (lactones) is 1. The van der Waals surface area contributed by atoms with Gasteiger partial charge in [-0.3, -0.25) is 9.69 Å². The molecule has 1 aliphatic carbocycles. The van der Waals surface area contributed by atoms with E-state index in [0.29, 0.717) is 33.5 Å². The van der Waals surface area contributed by atoms with Crippen molar-refractivity contribution in [3.05, 3.63) is 40.0 Å². The second-order valence-corrected chi connectivity index (χ2v) is 10.2. The molecule has 33 heavy (non-hydrogen) atoms. The summed E-state index contributed by atoms with van der Waals surface area (Å²) in [5.74, 6) is 0.540. The first-order valence-electron chi connectivity index (χ1n) is 10.9. The van der Waals surface area contributed by atoms with Crippen LogP contribution >= 0.6 is 0 Å². The average molecular weight is 473 g/mol. The minimum Gasteiger partial charge on any atom is -0.447 e. The van der Waals surface area contributed by atoms with Gasteiger partial charge in [-0.15, -0.1) is 0 Å². The summed E-state index contributed by atoms with van der Waals surface area (Å²) >= 11 is 0. The Morgan fingerprint density at radius 2 is 1.91 bits per heavy atom. The molecule has 1 amide bonds. The number of fused-ring (bicyclic) bond motifs is 1. The summed E-state index contributed by atoms with van der Waals surface area (Å²) in [6, 6.07) is 4.57. The summed E-state index contributed by atoms with van der Waals surface area (Å²) in [6.45, 7) is 3.89. The van der Waals surface area contributed by atoms with Crippen LogP contribution in [0, 0.1) is 13.8 Å². The number of nitrogens with zero attached hydrogens (tertiary/aromatic N) is 2. The molecule has 2 aromatic heterocycles. The SMILES string of the molecule is Cc1noc(C)c1-c1cc(S(=O)(=O)NC2CCCC2)c2cc(N3CCOC3=O)c(=O)[nH]c2c1. The maximum atomic E-state index is 13.5. The van der Waals surface area contributed by atoms with Crippen molar-refractivity contribution in [3.63, 3.8) is 0 Å². The summed E-state index contributed by atoms with van der Waals surface area (Å²) in [6.07, 6.45) is 2.87. The van der Waals surface area contributed by atoms with E-state index in [1.165, 1.54) is 11.0 Å². The van der Waals surface area contributed by atoms with Gasteiger partial charge in [0.15, 0.2) is 0 Å². The highest BCUT2D eigenvalue weighted by molar-refractivity contribution is 7.89. The number of aryl methyl sites for hydroxylation is 2. The Bertz CT molecular complexity index is 1400. The third kappa shape index (κ3) is 3.80. The number of pyridine rings is 1. The molecular formula is C22H24N4O6S. The van der Waals surface area contributed by atoms with Crippen molar-refractivity contribution in [3.8, 4) is 11.1 Å². The Labute approximate surface area is 189 Å². The molecule has 2 N–H and O–H groups in total. The molecule has 3 aromatic rings. The van der Waals surface area contributed by atoms with E-state index in [2.05, 4.69) is 14.9 Å². The van der Waals surface area contributed by atoms with E-state index in [0.717, 1.165) is 25.7 Å². The Kier molecular flexibility index (Phi) is 5.25. The molecule has 0 radical (unpaired) electrons. The summed E-state index contributed by atoms with van der Waals surface area (Å²) in [7, 11) is -3.93. The van der Waals surface area contributed by atoms with Gasteiger partial charge in [-0.25, -0.2) is 17.9 Å². The van der Waals surface area contributed by atoms with Gasteiger partial charge in [-0.05, 0) is 50.5 Å². The topological polar surface area (TPSA) is 135 Å². The Balaban J connectivity index is 1.74. The van der Waals surface area contributed by atoms with Crippen molar-refractivity contribution in [2.75, 3.05) is 18.1 Å². The van der Waals surface area contributed by atoms with Gasteiger partial charge in [0.25, 0.3) is 5.56 Å². The molecule has 1 aromatic carbocycles. The molecule has 0 bridgehead atoms. The highest BCUT2D eigenvalue weighted by Crippen LogP contribution is 2.34. The predicted molar refractivity (Wildman–Crippen MR) is 121 cm³/mol. The molecule has 2 fully saturated rings. The number of nitrogens with one attached hydrogen (secondary N) is 2. The number of carbonyl (C=O) groups excluding carboxylic acids is 1. The van der Waals surface area contributed by atoms with Gasteiger partial charge in [0.1, 0.15) is 18.1 Å². The third-order valence-corrected chi connectivity index (χ3v) is 7.80. The van der Waals surface area contributed by atoms with Crippen LogP contribution in [0.5, 0.6) is 0 Å². The fourth-order valence-corrected chi connectivity index (χ4v) is 6.21. The number of hydrogen-bond donors (Lipinski definition) is 2. The molecule has 10 nitrogen and oxygen atoms in total. The number of carbonyl (C=O) groups is 1. The molecule has 3 heterocycles. The average Bonchev–Trinajstić information content (AvgIpc) is 3.49. The summed E-state index contributed by atoms with van der Waals surface area (Å²) in [4.78, 5) is 28.9. The molecule has 5 rings (SSSR count). The van der Waals surface area contributed by atoms with Crippen LogP contribution in [-0.2, 0) is 14.8 Å². The first-order chi connectivity index (χ1) is 15.7. The number of H-pyrrole nitrogens is 1. The van der Waals surface area contributed by atoms with E-state index in [-0.39, 0.29) is 29.8 Å². The molecule has 1 saturated carbocycles. The van der Waals surface area contributed by atoms with Gasteiger partial charge < -0.3 is 14.2 Å². The zero-order valence-corrected chi connectivity index (χ0v) is 19.1. The van der Waals surface area contributed by atoms with Crippen molar-refractivity contribution in [1.29, 1.82) is 0 Å². The van der Waals surface area contributed by atoms with Gasteiger partial charge in [-0.1, -0.05) is 18.0 Å². The molecule has 1 saturated heterocycles. The van der Waals surface area contributed by atoms with Crippen molar-refractivity contribution in [1.82, 2.24) is 14.9 Å². The minimum atomic E-state index is -3.93. The van der Waals surface area contributed by atoms with Gasteiger partial charge in [0.2, 0.25) is 10.0 Å². The maximum Gasteiger partial charge on any atom is 0.414 e. The molecule has 11 heteroatoms. The van der Waals surface area contributed by atoms with Crippen LogP contribution in [0.25, 0.3) is 22.0 Å². The van der Waals surface area contributed by atoms with Crippen molar-refractivity contribution >= 4 is 32.7 Å². The fourth-order valence-electron chi connectivity index (χ4n) is 4.67. The first kappa shape index (κ1) is 21.7. The first-order valence-corrected chi connectivity index (χ1v) is 12.3. The maximum absolute atomic E-state index is 13.5. The van der Waals surface area contributed by atoms with Gasteiger partial charge >= 0.3 is 6.09 Å². The number of benzene rings is 1. The monoisotopic (exact) mass is 472 g/mol. The highest BCUT2D eigenvalue weighted by atomic mass is 32.2. The van der Waals surface area contributed by atoms with Crippen LogP contribution in [-0.4, -0.2) is 43.8 Å². The normalized spacial score (nSPS) is 17.3.